The molecule has 90 valence electrons. The molecule has 1 aliphatic rings. The van der Waals surface area contributed by atoms with E-state index in [-0.39, 0.29) is 0 Å². The number of nitrogens with zero attached hydrogens (tertiary/aromatic N) is 1. The Morgan fingerprint density at radius 2 is 2.29 bits per heavy atom. The summed E-state index contributed by atoms with van der Waals surface area (Å²) in [5.41, 5.74) is 8.54. The van der Waals surface area contributed by atoms with Crippen LogP contribution in [-0.4, -0.2) is 6.04 Å². The summed E-state index contributed by atoms with van der Waals surface area (Å²) in [6.45, 7) is 2.29. The number of nitrogen functional groups attached to an aromatic ring is 1. The van der Waals surface area contributed by atoms with Crippen molar-refractivity contribution >= 4 is 11.4 Å². The van der Waals surface area contributed by atoms with Gasteiger partial charge in [-0.15, -0.1) is 0 Å². The molecule has 0 bridgehead atoms. The fraction of sp³-hybridized carbons (Fsp3) is 0.500. The highest BCUT2D eigenvalue weighted by atomic mass is 14.9. The summed E-state index contributed by atoms with van der Waals surface area (Å²) in [4.78, 5) is 0. The molecule has 0 aliphatic heterocycles. The Kier molecular flexibility index (Phi) is 3.53. The minimum absolute atomic E-state index is 0.377. The van der Waals surface area contributed by atoms with Crippen LogP contribution in [0.1, 0.15) is 31.7 Å². The predicted octanol–water partition coefficient (Wildman–Crippen LogP) is 2.94. The van der Waals surface area contributed by atoms with E-state index >= 15 is 0 Å². The van der Waals surface area contributed by atoms with Crippen molar-refractivity contribution < 1.29 is 0 Å². The number of anilines is 2. The third kappa shape index (κ3) is 2.71. The molecule has 0 aromatic heterocycles. The van der Waals surface area contributed by atoms with Crippen LogP contribution in [0.4, 0.5) is 11.4 Å². The van der Waals surface area contributed by atoms with E-state index in [1.165, 1.54) is 19.3 Å². The zero-order valence-corrected chi connectivity index (χ0v) is 10.2. The summed E-state index contributed by atoms with van der Waals surface area (Å²) in [6, 6.07) is 8.60. The van der Waals surface area contributed by atoms with E-state index in [4.69, 9.17) is 11.0 Å². The first kappa shape index (κ1) is 11.8. The number of nitrogens with two attached hydrogens (primary N) is 1. The van der Waals surface area contributed by atoms with Crippen LogP contribution in [0.3, 0.4) is 0 Å². The third-order valence-corrected chi connectivity index (χ3v) is 3.63. The van der Waals surface area contributed by atoms with Gasteiger partial charge in [0.2, 0.25) is 0 Å². The van der Waals surface area contributed by atoms with Crippen molar-refractivity contribution in [2.75, 3.05) is 11.1 Å². The van der Waals surface area contributed by atoms with Crippen LogP contribution in [0.2, 0.25) is 0 Å². The molecule has 0 heterocycles. The predicted molar refractivity (Wildman–Crippen MR) is 70.6 cm³/mol. The zero-order chi connectivity index (χ0) is 12.3. The molecule has 1 saturated carbocycles. The highest BCUT2D eigenvalue weighted by Gasteiger charge is 2.22. The fourth-order valence-electron chi connectivity index (χ4n) is 2.51. The van der Waals surface area contributed by atoms with E-state index in [1.807, 2.05) is 18.2 Å². The van der Waals surface area contributed by atoms with E-state index in [1.54, 1.807) is 0 Å². The molecular formula is C14H19N3. The molecule has 17 heavy (non-hydrogen) atoms. The van der Waals surface area contributed by atoms with Crippen LogP contribution in [0, 0.1) is 17.2 Å². The van der Waals surface area contributed by atoms with Crippen LogP contribution < -0.4 is 11.1 Å². The molecule has 0 amide bonds. The zero-order valence-electron chi connectivity index (χ0n) is 10.2. The van der Waals surface area contributed by atoms with Gasteiger partial charge >= 0.3 is 0 Å². The summed E-state index contributed by atoms with van der Waals surface area (Å²) in [5.74, 6) is 0.729. The lowest BCUT2D eigenvalue weighted by molar-refractivity contribution is 0.556. The number of benzene rings is 1. The summed E-state index contributed by atoms with van der Waals surface area (Å²) < 4.78 is 0. The first-order chi connectivity index (χ1) is 8.20. The molecule has 1 fully saturated rings. The first-order valence-corrected chi connectivity index (χ1v) is 6.22. The summed E-state index contributed by atoms with van der Waals surface area (Å²) >= 11 is 0. The molecule has 3 N–H and O–H groups in total. The normalized spacial score (nSPS) is 23.3. The quantitative estimate of drug-likeness (QED) is 0.783. The lowest BCUT2D eigenvalue weighted by Crippen LogP contribution is -2.21. The van der Waals surface area contributed by atoms with E-state index in [2.05, 4.69) is 18.3 Å². The van der Waals surface area contributed by atoms with Gasteiger partial charge in [0.1, 0.15) is 0 Å². The molecule has 1 aliphatic carbocycles. The van der Waals surface area contributed by atoms with Gasteiger partial charge in [0.05, 0.1) is 12.5 Å². The monoisotopic (exact) mass is 229 g/mol. The second kappa shape index (κ2) is 5.09. The molecule has 3 heteroatoms. The van der Waals surface area contributed by atoms with E-state index < -0.39 is 0 Å². The van der Waals surface area contributed by atoms with Gasteiger partial charge in [-0.05, 0) is 42.5 Å². The number of nitriles is 1. The van der Waals surface area contributed by atoms with Gasteiger partial charge < -0.3 is 11.1 Å². The molecule has 0 spiro atoms. The van der Waals surface area contributed by atoms with Crippen LogP contribution >= 0.6 is 0 Å². The second-order valence-electron chi connectivity index (χ2n) is 4.91. The van der Waals surface area contributed by atoms with Crippen molar-refractivity contribution in [2.45, 2.75) is 38.6 Å². The smallest absolute Gasteiger partial charge is 0.0670 e. The molecule has 0 radical (unpaired) electrons. The van der Waals surface area contributed by atoms with Gasteiger partial charge in [-0.3, -0.25) is 0 Å². The van der Waals surface area contributed by atoms with Crippen LogP contribution in [0.5, 0.6) is 0 Å². The van der Waals surface area contributed by atoms with Crippen LogP contribution in [0.25, 0.3) is 0 Å². The maximum Gasteiger partial charge on any atom is 0.0670 e. The van der Waals surface area contributed by atoms with Gasteiger partial charge in [-0.2, -0.15) is 5.26 Å². The molecule has 0 saturated heterocycles. The van der Waals surface area contributed by atoms with Crippen molar-refractivity contribution in [3.63, 3.8) is 0 Å². The van der Waals surface area contributed by atoms with Crippen molar-refractivity contribution in [3.05, 3.63) is 23.8 Å². The van der Waals surface area contributed by atoms with E-state index in [0.717, 1.165) is 17.2 Å². The number of hydrogen-bond acceptors (Lipinski definition) is 3. The van der Waals surface area contributed by atoms with Crippen LogP contribution in [0.15, 0.2) is 18.2 Å². The Morgan fingerprint density at radius 3 is 2.94 bits per heavy atom. The Morgan fingerprint density at radius 1 is 1.47 bits per heavy atom. The maximum atomic E-state index is 8.74. The van der Waals surface area contributed by atoms with Gasteiger partial charge in [-0.25, -0.2) is 0 Å². The Bertz CT molecular complexity index is 434. The standard InChI is InChI=1S/C14H19N3/c1-10-3-2-4-14(10)17-12-5-6-13(16)11(9-12)7-8-15/h5-6,9-10,14,17H,2-4,7,16H2,1H3. The topological polar surface area (TPSA) is 61.8 Å². The Hall–Kier alpha value is -1.69. The van der Waals surface area contributed by atoms with E-state index in [0.29, 0.717) is 18.2 Å². The number of nitrogens with one attached hydrogen (secondary N) is 1. The van der Waals surface area contributed by atoms with E-state index in [9.17, 15) is 0 Å². The van der Waals surface area contributed by atoms with Crippen molar-refractivity contribution in [3.8, 4) is 6.07 Å². The molecule has 2 rings (SSSR count). The first-order valence-electron chi connectivity index (χ1n) is 6.22. The van der Waals surface area contributed by atoms with Gasteiger partial charge in [0.25, 0.3) is 0 Å². The number of hydrogen-bond donors (Lipinski definition) is 2. The molecule has 1 aromatic carbocycles. The minimum atomic E-state index is 0.377. The Balaban J connectivity index is 2.11. The van der Waals surface area contributed by atoms with Crippen LogP contribution in [-0.2, 0) is 6.42 Å². The average molecular weight is 229 g/mol. The minimum Gasteiger partial charge on any atom is -0.398 e. The highest BCUT2D eigenvalue weighted by Crippen LogP contribution is 2.29. The van der Waals surface area contributed by atoms with Crippen molar-refractivity contribution in [1.82, 2.24) is 0 Å². The molecule has 3 nitrogen and oxygen atoms in total. The van der Waals surface area contributed by atoms with Crippen molar-refractivity contribution in [1.29, 1.82) is 5.26 Å². The number of rotatable bonds is 3. The average Bonchev–Trinajstić information content (AvgIpc) is 2.70. The lowest BCUT2D eigenvalue weighted by Gasteiger charge is -2.19. The van der Waals surface area contributed by atoms with Gasteiger partial charge in [-0.1, -0.05) is 13.3 Å². The molecule has 2 atom stereocenters. The summed E-state index contributed by atoms with van der Waals surface area (Å²) in [6.07, 6.45) is 4.22. The second-order valence-corrected chi connectivity index (χ2v) is 4.91. The third-order valence-electron chi connectivity index (χ3n) is 3.63. The SMILES string of the molecule is CC1CCCC1Nc1ccc(N)c(CC#N)c1. The lowest BCUT2D eigenvalue weighted by atomic mass is 10.0. The summed E-state index contributed by atoms with van der Waals surface area (Å²) in [5, 5.41) is 12.3. The maximum absolute atomic E-state index is 8.74. The van der Waals surface area contributed by atoms with Crippen molar-refractivity contribution in [2.24, 2.45) is 5.92 Å². The largest absolute Gasteiger partial charge is 0.398 e. The summed E-state index contributed by atoms with van der Waals surface area (Å²) in [7, 11) is 0. The van der Waals surface area contributed by atoms with Gasteiger partial charge in [0, 0.05) is 17.4 Å². The molecular weight excluding hydrogens is 210 g/mol. The molecule has 2 unspecified atom stereocenters. The fourth-order valence-corrected chi connectivity index (χ4v) is 2.51. The Labute approximate surface area is 103 Å². The highest BCUT2D eigenvalue weighted by molar-refractivity contribution is 5.58. The van der Waals surface area contributed by atoms with Gasteiger partial charge in [0.15, 0.2) is 0 Å². The molecule has 1 aromatic rings.